The minimum absolute atomic E-state index is 0.0949. The Hall–Kier alpha value is -2.38. The summed E-state index contributed by atoms with van der Waals surface area (Å²) in [6, 6.07) is 1.87. The normalized spacial score (nSPS) is 11.7. The fourth-order valence-electron chi connectivity index (χ4n) is 1.83. The molecule has 2 aromatic rings. The fourth-order valence-corrected chi connectivity index (χ4v) is 1.83. The van der Waals surface area contributed by atoms with Crippen LogP contribution in [0.3, 0.4) is 0 Å². The van der Waals surface area contributed by atoms with Crippen LogP contribution in [0.5, 0.6) is 0 Å². The first-order chi connectivity index (χ1) is 9.20. The van der Waals surface area contributed by atoms with Crippen LogP contribution in [0.25, 0.3) is 11.3 Å². The van der Waals surface area contributed by atoms with Gasteiger partial charge in [-0.2, -0.15) is 18.3 Å². The Morgan fingerprint density at radius 2 is 1.95 bits per heavy atom. The summed E-state index contributed by atoms with van der Waals surface area (Å²) >= 11 is 0. The van der Waals surface area contributed by atoms with E-state index in [0.717, 1.165) is 16.9 Å². The number of carboxylic acid groups (broad SMARTS) is 1. The second-order valence-electron chi connectivity index (χ2n) is 4.06. The van der Waals surface area contributed by atoms with Crippen molar-refractivity contribution in [3.8, 4) is 11.3 Å². The Kier molecular flexibility index (Phi) is 3.24. The molecule has 0 aliphatic carbocycles. The van der Waals surface area contributed by atoms with Crippen molar-refractivity contribution < 1.29 is 27.5 Å². The third-order valence-electron chi connectivity index (χ3n) is 2.67. The molecule has 0 bridgehead atoms. The minimum atomic E-state index is -4.72. The zero-order chi connectivity index (χ0) is 15.1. The lowest BCUT2D eigenvalue weighted by Crippen LogP contribution is -2.07. The predicted molar refractivity (Wildman–Crippen MR) is 60.6 cm³/mol. The number of nitrogens with zero attached hydrogens (tertiary/aromatic N) is 2. The third kappa shape index (κ3) is 2.49. The molecule has 0 unspecified atom stereocenters. The predicted octanol–water partition coefficient (Wildman–Crippen LogP) is 2.94. The van der Waals surface area contributed by atoms with Crippen LogP contribution in [0, 0.1) is 5.82 Å². The van der Waals surface area contributed by atoms with Gasteiger partial charge in [0.05, 0.1) is 17.5 Å². The van der Waals surface area contributed by atoms with Gasteiger partial charge in [0.15, 0.2) is 0 Å². The van der Waals surface area contributed by atoms with E-state index in [-0.39, 0.29) is 16.8 Å². The number of aromatic nitrogens is 2. The van der Waals surface area contributed by atoms with Crippen LogP contribution < -0.4 is 0 Å². The number of benzene rings is 1. The SMILES string of the molecule is Cn1ncc(C(=O)O)c1-c1cc(F)cc(C(F)(F)F)c1. The second kappa shape index (κ2) is 4.62. The molecular weight excluding hydrogens is 280 g/mol. The van der Waals surface area contributed by atoms with Gasteiger partial charge in [-0.15, -0.1) is 0 Å². The van der Waals surface area contributed by atoms with Gasteiger partial charge >= 0.3 is 12.1 Å². The molecule has 0 aliphatic heterocycles. The molecule has 0 saturated carbocycles. The topological polar surface area (TPSA) is 55.1 Å². The van der Waals surface area contributed by atoms with Crippen molar-refractivity contribution >= 4 is 5.97 Å². The van der Waals surface area contributed by atoms with Gasteiger partial charge in [-0.25, -0.2) is 9.18 Å². The van der Waals surface area contributed by atoms with Crippen molar-refractivity contribution in [1.29, 1.82) is 0 Å². The molecule has 1 heterocycles. The smallest absolute Gasteiger partial charge is 0.416 e. The highest BCUT2D eigenvalue weighted by atomic mass is 19.4. The molecule has 0 saturated heterocycles. The van der Waals surface area contributed by atoms with E-state index in [1.54, 1.807) is 0 Å². The zero-order valence-electron chi connectivity index (χ0n) is 10.1. The van der Waals surface area contributed by atoms with E-state index in [0.29, 0.717) is 12.1 Å². The summed E-state index contributed by atoms with van der Waals surface area (Å²) in [4.78, 5) is 11.0. The second-order valence-corrected chi connectivity index (χ2v) is 4.06. The van der Waals surface area contributed by atoms with Crippen molar-refractivity contribution in [3.63, 3.8) is 0 Å². The van der Waals surface area contributed by atoms with Gasteiger partial charge in [0.1, 0.15) is 11.4 Å². The summed E-state index contributed by atoms with van der Waals surface area (Å²) in [7, 11) is 1.36. The number of carbonyl (C=O) groups is 1. The van der Waals surface area contributed by atoms with E-state index in [9.17, 15) is 22.4 Å². The van der Waals surface area contributed by atoms with Gasteiger partial charge < -0.3 is 5.11 Å². The number of hydrogen-bond donors (Lipinski definition) is 1. The summed E-state index contributed by atoms with van der Waals surface area (Å²) in [5.41, 5.74) is -1.78. The van der Waals surface area contributed by atoms with Crippen molar-refractivity contribution in [1.82, 2.24) is 9.78 Å². The molecule has 0 aliphatic rings. The summed E-state index contributed by atoms with van der Waals surface area (Å²) in [6.45, 7) is 0. The first-order valence-corrected chi connectivity index (χ1v) is 5.33. The lowest BCUT2D eigenvalue weighted by Gasteiger charge is -2.10. The molecule has 4 nitrogen and oxygen atoms in total. The number of rotatable bonds is 2. The van der Waals surface area contributed by atoms with Crippen molar-refractivity contribution in [2.45, 2.75) is 6.18 Å². The number of alkyl halides is 3. The average Bonchev–Trinajstić information content (AvgIpc) is 2.69. The van der Waals surface area contributed by atoms with Crippen LogP contribution in [0.2, 0.25) is 0 Å². The number of hydrogen-bond acceptors (Lipinski definition) is 2. The van der Waals surface area contributed by atoms with E-state index < -0.39 is 23.5 Å². The lowest BCUT2D eigenvalue weighted by molar-refractivity contribution is -0.137. The monoisotopic (exact) mass is 288 g/mol. The Labute approximate surface area is 110 Å². The average molecular weight is 288 g/mol. The van der Waals surface area contributed by atoms with Gasteiger partial charge in [-0.1, -0.05) is 0 Å². The highest BCUT2D eigenvalue weighted by molar-refractivity contribution is 5.94. The maximum Gasteiger partial charge on any atom is 0.416 e. The van der Waals surface area contributed by atoms with Crippen LogP contribution in [0.15, 0.2) is 24.4 Å². The van der Waals surface area contributed by atoms with E-state index in [4.69, 9.17) is 5.11 Å². The molecule has 0 amide bonds. The van der Waals surface area contributed by atoms with Crippen molar-refractivity contribution in [2.24, 2.45) is 7.05 Å². The Morgan fingerprint density at radius 1 is 1.30 bits per heavy atom. The molecule has 0 spiro atoms. The third-order valence-corrected chi connectivity index (χ3v) is 2.67. The lowest BCUT2D eigenvalue weighted by atomic mass is 10.0. The van der Waals surface area contributed by atoms with Gasteiger partial charge in [0.25, 0.3) is 0 Å². The fraction of sp³-hybridized carbons (Fsp3) is 0.167. The van der Waals surface area contributed by atoms with Crippen LogP contribution >= 0.6 is 0 Å². The van der Waals surface area contributed by atoms with Crippen LogP contribution in [0.1, 0.15) is 15.9 Å². The van der Waals surface area contributed by atoms with Gasteiger partial charge in [-0.3, -0.25) is 4.68 Å². The molecule has 0 fully saturated rings. The molecule has 1 aromatic heterocycles. The summed E-state index contributed by atoms with van der Waals surface area (Å²) in [5.74, 6) is -2.46. The zero-order valence-corrected chi connectivity index (χ0v) is 10.1. The first-order valence-electron chi connectivity index (χ1n) is 5.33. The van der Waals surface area contributed by atoms with Gasteiger partial charge in [-0.05, 0) is 18.2 Å². The molecule has 1 N–H and O–H groups in total. The van der Waals surface area contributed by atoms with Gasteiger partial charge in [0, 0.05) is 12.6 Å². The van der Waals surface area contributed by atoms with E-state index in [1.165, 1.54) is 7.05 Å². The number of carboxylic acids is 1. The summed E-state index contributed by atoms with van der Waals surface area (Å²) in [5, 5.41) is 12.6. The largest absolute Gasteiger partial charge is 0.478 e. The Balaban J connectivity index is 2.68. The van der Waals surface area contributed by atoms with Crippen molar-refractivity contribution in [3.05, 3.63) is 41.3 Å². The molecule has 8 heteroatoms. The highest BCUT2D eigenvalue weighted by Gasteiger charge is 2.32. The number of aromatic carboxylic acids is 1. The number of halogens is 4. The quantitative estimate of drug-likeness (QED) is 0.864. The maximum atomic E-state index is 13.3. The molecule has 20 heavy (non-hydrogen) atoms. The molecule has 0 radical (unpaired) electrons. The van der Waals surface area contributed by atoms with Crippen LogP contribution in [-0.4, -0.2) is 20.9 Å². The standard InChI is InChI=1S/C12H8F4N2O2/c1-18-10(9(5-17-18)11(19)20)6-2-7(12(14,15)16)4-8(13)3-6/h2-5H,1H3,(H,19,20). The molecule has 2 rings (SSSR count). The first kappa shape index (κ1) is 14.0. The highest BCUT2D eigenvalue weighted by Crippen LogP contribution is 2.33. The van der Waals surface area contributed by atoms with E-state index in [2.05, 4.69) is 5.10 Å². The van der Waals surface area contributed by atoms with E-state index >= 15 is 0 Å². The minimum Gasteiger partial charge on any atom is -0.478 e. The molecule has 106 valence electrons. The van der Waals surface area contributed by atoms with Crippen LogP contribution in [-0.2, 0) is 13.2 Å². The molecule has 1 aromatic carbocycles. The number of aryl methyl sites for hydroxylation is 1. The van der Waals surface area contributed by atoms with Crippen LogP contribution in [0.4, 0.5) is 17.6 Å². The summed E-state index contributed by atoms with van der Waals surface area (Å²) < 4.78 is 52.4. The Bertz CT molecular complexity index is 677. The molecule has 0 atom stereocenters. The summed E-state index contributed by atoms with van der Waals surface area (Å²) in [6.07, 6.45) is -3.73. The van der Waals surface area contributed by atoms with E-state index in [1.807, 2.05) is 0 Å². The Morgan fingerprint density at radius 3 is 2.50 bits per heavy atom. The maximum absolute atomic E-state index is 13.3. The molecular formula is C12H8F4N2O2. The van der Waals surface area contributed by atoms with Crippen molar-refractivity contribution in [2.75, 3.05) is 0 Å². The van der Waals surface area contributed by atoms with Gasteiger partial charge in [0.2, 0.25) is 0 Å².